The second-order valence-electron chi connectivity index (χ2n) is 3.29. The summed E-state index contributed by atoms with van der Waals surface area (Å²) in [5.74, 6) is 0.0530. The third kappa shape index (κ3) is 7.20. The average molecular weight is 375 g/mol. The smallest absolute Gasteiger partial charge is 0.422 e. The predicted octanol–water partition coefficient (Wildman–Crippen LogP) is 2.02. The second-order valence-corrected chi connectivity index (χ2v) is 3.29. The van der Waals surface area contributed by atoms with E-state index in [9.17, 15) is 13.2 Å². The van der Waals surface area contributed by atoms with Crippen molar-refractivity contribution in [3.63, 3.8) is 0 Å². The first-order valence-corrected chi connectivity index (χ1v) is 4.71. The highest BCUT2D eigenvalue weighted by Gasteiger charge is 2.28. The molecule has 0 unspecified atom stereocenters. The summed E-state index contributed by atoms with van der Waals surface area (Å²) in [6.45, 7) is -1.12. The Balaban J connectivity index is 0.00000289. The van der Waals surface area contributed by atoms with Crippen molar-refractivity contribution in [3.8, 4) is 5.75 Å². The SMILES string of the molecule is I.NC(N)=NCc1cccc(OCC(F)(F)F)c1. The molecule has 0 bridgehead atoms. The fourth-order valence-corrected chi connectivity index (χ4v) is 1.08. The highest BCUT2D eigenvalue weighted by atomic mass is 127. The number of hydrogen-bond donors (Lipinski definition) is 2. The number of guanidine groups is 1. The van der Waals surface area contributed by atoms with Crippen molar-refractivity contribution in [2.75, 3.05) is 6.61 Å². The maximum atomic E-state index is 11.9. The predicted molar refractivity (Wildman–Crippen MR) is 72.9 cm³/mol. The number of nitrogens with two attached hydrogens (primary N) is 2. The molecule has 1 rings (SSSR count). The Morgan fingerprint density at radius 3 is 2.50 bits per heavy atom. The molecule has 102 valence electrons. The van der Waals surface area contributed by atoms with E-state index < -0.39 is 12.8 Å². The van der Waals surface area contributed by atoms with Gasteiger partial charge in [-0.25, -0.2) is 4.99 Å². The van der Waals surface area contributed by atoms with Crippen LogP contribution < -0.4 is 16.2 Å². The third-order valence-corrected chi connectivity index (χ3v) is 1.75. The molecule has 18 heavy (non-hydrogen) atoms. The van der Waals surface area contributed by atoms with Gasteiger partial charge in [0.1, 0.15) is 5.75 Å². The molecule has 0 heterocycles. The van der Waals surface area contributed by atoms with Gasteiger partial charge in [-0.3, -0.25) is 0 Å². The standard InChI is InChI=1S/C10H12F3N3O.HI/c11-10(12,13)6-17-8-3-1-2-7(4-8)5-16-9(14)15;/h1-4H,5-6H2,(H4,14,15,16);1H. The molecule has 0 atom stereocenters. The Kier molecular flexibility index (Phi) is 6.81. The first-order valence-electron chi connectivity index (χ1n) is 4.71. The minimum absolute atomic E-state index is 0. The van der Waals surface area contributed by atoms with Gasteiger partial charge in [-0.05, 0) is 17.7 Å². The number of halogens is 4. The van der Waals surface area contributed by atoms with Crippen LogP contribution in [0.15, 0.2) is 29.3 Å². The molecule has 0 radical (unpaired) electrons. The van der Waals surface area contributed by atoms with Crippen LogP contribution in [0.4, 0.5) is 13.2 Å². The molecule has 0 fully saturated rings. The van der Waals surface area contributed by atoms with Gasteiger partial charge in [-0.2, -0.15) is 13.2 Å². The van der Waals surface area contributed by atoms with E-state index in [2.05, 4.69) is 9.73 Å². The van der Waals surface area contributed by atoms with Crippen LogP contribution in [0.5, 0.6) is 5.75 Å². The van der Waals surface area contributed by atoms with Crippen LogP contribution in [0, 0.1) is 0 Å². The van der Waals surface area contributed by atoms with Crippen LogP contribution in [-0.4, -0.2) is 18.7 Å². The molecule has 0 saturated carbocycles. The summed E-state index contributed by atoms with van der Waals surface area (Å²) in [6, 6.07) is 6.15. The summed E-state index contributed by atoms with van der Waals surface area (Å²) < 4.78 is 40.3. The van der Waals surface area contributed by atoms with Crippen molar-refractivity contribution in [2.24, 2.45) is 16.5 Å². The Morgan fingerprint density at radius 2 is 1.94 bits per heavy atom. The lowest BCUT2D eigenvalue weighted by Crippen LogP contribution is -2.22. The first kappa shape index (κ1) is 16.8. The van der Waals surface area contributed by atoms with Crippen LogP contribution in [0.2, 0.25) is 0 Å². The summed E-state index contributed by atoms with van der Waals surface area (Å²) in [4.78, 5) is 3.74. The van der Waals surface area contributed by atoms with Gasteiger partial charge < -0.3 is 16.2 Å². The van der Waals surface area contributed by atoms with E-state index in [4.69, 9.17) is 11.5 Å². The van der Waals surface area contributed by atoms with Crippen LogP contribution in [0.1, 0.15) is 5.56 Å². The van der Waals surface area contributed by atoms with Gasteiger partial charge in [0.05, 0.1) is 6.54 Å². The van der Waals surface area contributed by atoms with E-state index in [-0.39, 0.29) is 42.2 Å². The minimum Gasteiger partial charge on any atom is -0.484 e. The summed E-state index contributed by atoms with van der Waals surface area (Å²) >= 11 is 0. The molecule has 0 aliphatic rings. The lowest BCUT2D eigenvalue weighted by Gasteiger charge is -2.09. The van der Waals surface area contributed by atoms with Gasteiger partial charge in [0.25, 0.3) is 0 Å². The van der Waals surface area contributed by atoms with E-state index >= 15 is 0 Å². The van der Waals surface area contributed by atoms with Gasteiger partial charge in [-0.1, -0.05) is 12.1 Å². The lowest BCUT2D eigenvalue weighted by molar-refractivity contribution is -0.153. The molecule has 0 aliphatic carbocycles. The number of aliphatic imine (C=N–C) groups is 1. The van der Waals surface area contributed by atoms with E-state index in [0.717, 1.165) is 0 Å². The van der Waals surface area contributed by atoms with Crippen molar-refractivity contribution in [2.45, 2.75) is 12.7 Å². The first-order chi connectivity index (χ1) is 7.87. The van der Waals surface area contributed by atoms with Crippen LogP contribution in [0.3, 0.4) is 0 Å². The molecule has 4 nitrogen and oxygen atoms in total. The van der Waals surface area contributed by atoms with E-state index in [0.29, 0.717) is 5.56 Å². The Hall–Kier alpha value is -1.19. The fourth-order valence-electron chi connectivity index (χ4n) is 1.08. The highest BCUT2D eigenvalue weighted by molar-refractivity contribution is 14.0. The molecule has 0 aromatic heterocycles. The Labute approximate surface area is 119 Å². The van der Waals surface area contributed by atoms with Gasteiger partial charge in [-0.15, -0.1) is 24.0 Å². The van der Waals surface area contributed by atoms with Crippen LogP contribution in [0.25, 0.3) is 0 Å². The van der Waals surface area contributed by atoms with Crippen molar-refractivity contribution in [3.05, 3.63) is 29.8 Å². The topological polar surface area (TPSA) is 73.6 Å². The zero-order chi connectivity index (χ0) is 12.9. The largest absolute Gasteiger partial charge is 0.484 e. The quantitative estimate of drug-likeness (QED) is 0.481. The minimum atomic E-state index is -4.35. The lowest BCUT2D eigenvalue weighted by atomic mass is 10.2. The van der Waals surface area contributed by atoms with Gasteiger partial charge in [0.2, 0.25) is 0 Å². The number of nitrogens with zero attached hydrogens (tertiary/aromatic N) is 1. The van der Waals surface area contributed by atoms with E-state index in [1.54, 1.807) is 12.1 Å². The van der Waals surface area contributed by atoms with Crippen LogP contribution >= 0.6 is 24.0 Å². The Morgan fingerprint density at radius 1 is 1.28 bits per heavy atom. The summed E-state index contributed by atoms with van der Waals surface area (Å²) in [5.41, 5.74) is 10.9. The molecule has 0 spiro atoms. The number of alkyl halides is 3. The number of benzene rings is 1. The number of rotatable bonds is 4. The summed E-state index contributed by atoms with van der Waals surface area (Å²) in [5, 5.41) is 0. The van der Waals surface area contributed by atoms with E-state index in [1.807, 2.05) is 0 Å². The molecular weight excluding hydrogens is 362 g/mol. The van der Waals surface area contributed by atoms with Crippen molar-refractivity contribution in [1.82, 2.24) is 0 Å². The molecule has 1 aromatic rings. The Bertz CT molecular complexity index is 406. The second kappa shape index (κ2) is 7.29. The van der Waals surface area contributed by atoms with Crippen molar-refractivity contribution >= 4 is 29.9 Å². The molecule has 1 aromatic carbocycles. The molecule has 0 saturated heterocycles. The molecule has 0 amide bonds. The van der Waals surface area contributed by atoms with Crippen LogP contribution in [-0.2, 0) is 6.54 Å². The number of ether oxygens (including phenoxy) is 1. The zero-order valence-electron chi connectivity index (χ0n) is 9.28. The maximum Gasteiger partial charge on any atom is 0.422 e. The monoisotopic (exact) mass is 375 g/mol. The molecule has 0 aliphatic heterocycles. The third-order valence-electron chi connectivity index (χ3n) is 1.75. The normalized spacial score (nSPS) is 10.4. The fraction of sp³-hybridized carbons (Fsp3) is 0.300. The number of hydrogen-bond acceptors (Lipinski definition) is 2. The summed E-state index contributed by atoms with van der Waals surface area (Å²) in [6.07, 6.45) is -4.35. The molecular formula is C10H13F3IN3O. The zero-order valence-corrected chi connectivity index (χ0v) is 11.6. The van der Waals surface area contributed by atoms with E-state index in [1.165, 1.54) is 12.1 Å². The van der Waals surface area contributed by atoms with Crippen molar-refractivity contribution in [1.29, 1.82) is 0 Å². The van der Waals surface area contributed by atoms with Crippen molar-refractivity contribution < 1.29 is 17.9 Å². The summed E-state index contributed by atoms with van der Waals surface area (Å²) in [7, 11) is 0. The van der Waals surface area contributed by atoms with Gasteiger partial charge in [0.15, 0.2) is 12.6 Å². The molecule has 4 N–H and O–H groups in total. The van der Waals surface area contributed by atoms with Gasteiger partial charge >= 0.3 is 6.18 Å². The average Bonchev–Trinajstić information content (AvgIpc) is 2.23. The van der Waals surface area contributed by atoms with Gasteiger partial charge in [0, 0.05) is 0 Å². The molecule has 8 heteroatoms. The maximum absolute atomic E-state index is 11.9. The highest BCUT2D eigenvalue weighted by Crippen LogP contribution is 2.19.